The number of carboxylic acids is 1. The molecule has 0 heterocycles. The fourth-order valence-electron chi connectivity index (χ4n) is 2.13. The number of urea groups is 1. The minimum absolute atomic E-state index is 0.0332. The van der Waals surface area contributed by atoms with Crippen molar-refractivity contribution in [3.05, 3.63) is 0 Å². The molecule has 1 aliphatic carbocycles. The van der Waals surface area contributed by atoms with E-state index < -0.39 is 11.5 Å². The molecular formula is C12H19N3O3. The number of amides is 2. The van der Waals surface area contributed by atoms with Gasteiger partial charge in [0.25, 0.3) is 0 Å². The van der Waals surface area contributed by atoms with Crippen LogP contribution in [-0.2, 0) is 4.79 Å². The summed E-state index contributed by atoms with van der Waals surface area (Å²) >= 11 is 0. The van der Waals surface area contributed by atoms with Crippen LogP contribution < -0.4 is 5.32 Å². The monoisotopic (exact) mass is 253 g/mol. The number of carbonyl (C=O) groups is 2. The van der Waals surface area contributed by atoms with Crippen molar-refractivity contribution in [2.75, 3.05) is 13.1 Å². The van der Waals surface area contributed by atoms with Crippen LogP contribution in [-0.4, -0.2) is 40.6 Å². The number of rotatable bonds is 6. The van der Waals surface area contributed by atoms with Gasteiger partial charge in [0.2, 0.25) is 0 Å². The van der Waals surface area contributed by atoms with Crippen molar-refractivity contribution in [3.8, 4) is 6.07 Å². The SMILES string of the molecule is CCN(CCC#N)C(=O)NC1(CC(=O)O)CCC1. The van der Waals surface area contributed by atoms with Gasteiger partial charge < -0.3 is 15.3 Å². The third-order valence-corrected chi connectivity index (χ3v) is 3.33. The Labute approximate surface area is 107 Å². The summed E-state index contributed by atoms with van der Waals surface area (Å²) in [5.41, 5.74) is -0.580. The molecule has 0 aromatic rings. The van der Waals surface area contributed by atoms with E-state index in [4.69, 9.17) is 10.4 Å². The van der Waals surface area contributed by atoms with E-state index in [9.17, 15) is 9.59 Å². The third kappa shape index (κ3) is 3.62. The molecule has 0 bridgehead atoms. The van der Waals surface area contributed by atoms with Gasteiger partial charge in [-0.2, -0.15) is 5.26 Å². The molecule has 6 nitrogen and oxygen atoms in total. The molecule has 0 unspecified atom stereocenters. The maximum Gasteiger partial charge on any atom is 0.317 e. The lowest BCUT2D eigenvalue weighted by Crippen LogP contribution is -2.58. The first kappa shape index (κ1) is 14.3. The average molecular weight is 253 g/mol. The predicted octanol–water partition coefficient (Wildman–Crippen LogP) is 1.33. The van der Waals surface area contributed by atoms with Crippen molar-refractivity contribution in [1.29, 1.82) is 5.26 Å². The van der Waals surface area contributed by atoms with E-state index in [1.54, 1.807) is 0 Å². The largest absolute Gasteiger partial charge is 0.481 e. The van der Waals surface area contributed by atoms with Gasteiger partial charge in [-0.3, -0.25) is 4.79 Å². The fraction of sp³-hybridized carbons (Fsp3) is 0.750. The minimum atomic E-state index is -0.893. The van der Waals surface area contributed by atoms with Gasteiger partial charge in [-0.1, -0.05) is 0 Å². The zero-order valence-electron chi connectivity index (χ0n) is 10.6. The highest BCUT2D eigenvalue weighted by molar-refractivity contribution is 5.77. The first-order chi connectivity index (χ1) is 8.53. The number of hydrogen-bond donors (Lipinski definition) is 2. The van der Waals surface area contributed by atoms with Crippen LogP contribution in [0, 0.1) is 11.3 Å². The van der Waals surface area contributed by atoms with Gasteiger partial charge in [0.15, 0.2) is 0 Å². The zero-order chi connectivity index (χ0) is 13.6. The van der Waals surface area contributed by atoms with Gasteiger partial charge in [-0.15, -0.1) is 0 Å². The molecule has 0 spiro atoms. The van der Waals surface area contributed by atoms with Crippen LogP contribution in [0.1, 0.15) is 39.0 Å². The number of carboxylic acid groups (broad SMARTS) is 1. The maximum atomic E-state index is 12.0. The average Bonchev–Trinajstić information content (AvgIpc) is 2.26. The van der Waals surface area contributed by atoms with Crippen molar-refractivity contribution >= 4 is 12.0 Å². The Balaban J connectivity index is 2.55. The van der Waals surface area contributed by atoms with Crippen LogP contribution in [0.3, 0.4) is 0 Å². The summed E-state index contributed by atoms with van der Waals surface area (Å²) in [6, 6.07) is 1.72. The second-order valence-electron chi connectivity index (χ2n) is 4.62. The molecule has 1 saturated carbocycles. The van der Waals surface area contributed by atoms with Crippen LogP contribution >= 0.6 is 0 Å². The van der Waals surface area contributed by atoms with Gasteiger partial charge in [0.1, 0.15) is 0 Å². The second kappa shape index (κ2) is 6.24. The quantitative estimate of drug-likeness (QED) is 0.746. The number of hydrogen-bond acceptors (Lipinski definition) is 3. The molecule has 18 heavy (non-hydrogen) atoms. The summed E-state index contributed by atoms with van der Waals surface area (Å²) in [5.74, 6) is -0.893. The first-order valence-electron chi connectivity index (χ1n) is 6.19. The Morgan fingerprint density at radius 1 is 1.50 bits per heavy atom. The minimum Gasteiger partial charge on any atom is -0.481 e. The van der Waals surface area contributed by atoms with E-state index in [2.05, 4.69) is 5.32 Å². The highest BCUT2D eigenvalue weighted by atomic mass is 16.4. The molecule has 100 valence electrons. The summed E-state index contributed by atoms with van der Waals surface area (Å²) in [5, 5.41) is 20.2. The smallest absolute Gasteiger partial charge is 0.317 e. The van der Waals surface area contributed by atoms with E-state index in [-0.39, 0.29) is 18.9 Å². The van der Waals surface area contributed by atoms with Crippen LogP contribution in [0.25, 0.3) is 0 Å². The molecule has 1 fully saturated rings. The zero-order valence-corrected chi connectivity index (χ0v) is 10.6. The predicted molar refractivity (Wildman–Crippen MR) is 64.8 cm³/mol. The van der Waals surface area contributed by atoms with Gasteiger partial charge in [-0.05, 0) is 26.2 Å². The molecule has 0 saturated heterocycles. The molecule has 0 aliphatic heterocycles. The molecule has 0 atom stereocenters. The fourth-order valence-corrected chi connectivity index (χ4v) is 2.13. The van der Waals surface area contributed by atoms with Crippen molar-refractivity contribution < 1.29 is 14.7 Å². The van der Waals surface area contributed by atoms with E-state index in [1.165, 1.54) is 4.90 Å². The number of nitrogens with one attached hydrogen (secondary N) is 1. The van der Waals surface area contributed by atoms with E-state index in [0.717, 1.165) is 6.42 Å². The molecule has 6 heteroatoms. The summed E-state index contributed by atoms with van der Waals surface area (Å²) in [6.45, 7) is 2.72. The van der Waals surface area contributed by atoms with Gasteiger partial charge in [0, 0.05) is 13.1 Å². The van der Waals surface area contributed by atoms with Crippen LogP contribution in [0.2, 0.25) is 0 Å². The summed E-state index contributed by atoms with van der Waals surface area (Å²) < 4.78 is 0. The molecule has 0 aromatic carbocycles. The number of nitrogens with zero attached hydrogens (tertiary/aromatic N) is 2. The van der Waals surface area contributed by atoms with Crippen molar-refractivity contribution in [3.63, 3.8) is 0 Å². The number of nitriles is 1. The van der Waals surface area contributed by atoms with Crippen LogP contribution in [0.4, 0.5) is 4.79 Å². The van der Waals surface area contributed by atoms with Gasteiger partial charge >= 0.3 is 12.0 Å². The third-order valence-electron chi connectivity index (χ3n) is 3.33. The topological polar surface area (TPSA) is 93.4 Å². The van der Waals surface area contributed by atoms with Gasteiger partial charge in [0.05, 0.1) is 24.4 Å². The normalized spacial score (nSPS) is 16.2. The van der Waals surface area contributed by atoms with Crippen LogP contribution in [0.5, 0.6) is 0 Å². The standard InChI is InChI=1S/C12H19N3O3/c1-2-15(8-4-7-13)11(18)14-12(5-3-6-12)9-10(16)17/h2-6,8-9H2,1H3,(H,14,18)(H,16,17). The molecule has 1 aliphatic rings. The molecule has 0 radical (unpaired) electrons. The Hall–Kier alpha value is -1.77. The van der Waals surface area contributed by atoms with E-state index in [0.29, 0.717) is 25.9 Å². The van der Waals surface area contributed by atoms with Crippen molar-refractivity contribution in [1.82, 2.24) is 10.2 Å². The molecule has 0 aromatic heterocycles. The maximum absolute atomic E-state index is 12.0. The lowest BCUT2D eigenvalue weighted by atomic mass is 9.74. The highest BCUT2D eigenvalue weighted by Gasteiger charge is 2.41. The summed E-state index contributed by atoms with van der Waals surface area (Å²) in [7, 11) is 0. The number of carbonyl (C=O) groups excluding carboxylic acids is 1. The Morgan fingerprint density at radius 3 is 2.56 bits per heavy atom. The molecular weight excluding hydrogens is 234 g/mol. The van der Waals surface area contributed by atoms with Gasteiger partial charge in [-0.25, -0.2) is 4.79 Å². The lowest BCUT2D eigenvalue weighted by Gasteiger charge is -2.42. The first-order valence-corrected chi connectivity index (χ1v) is 6.19. The second-order valence-corrected chi connectivity index (χ2v) is 4.62. The Bertz CT molecular complexity index is 358. The Morgan fingerprint density at radius 2 is 2.17 bits per heavy atom. The molecule has 1 rings (SSSR count). The highest BCUT2D eigenvalue weighted by Crippen LogP contribution is 2.35. The summed E-state index contributed by atoms with van der Waals surface area (Å²) in [4.78, 5) is 24.3. The van der Waals surface area contributed by atoms with Crippen molar-refractivity contribution in [2.24, 2.45) is 0 Å². The Kier molecular flexibility index (Phi) is 4.95. The lowest BCUT2D eigenvalue weighted by molar-refractivity contribution is -0.139. The molecule has 2 amide bonds. The van der Waals surface area contributed by atoms with E-state index in [1.807, 2.05) is 13.0 Å². The summed E-state index contributed by atoms with van der Waals surface area (Å²) in [6.07, 6.45) is 2.61. The van der Waals surface area contributed by atoms with Crippen LogP contribution in [0.15, 0.2) is 0 Å². The number of aliphatic carboxylic acids is 1. The van der Waals surface area contributed by atoms with E-state index >= 15 is 0 Å². The molecule has 2 N–H and O–H groups in total. The van der Waals surface area contributed by atoms with Crippen molar-refractivity contribution in [2.45, 2.75) is 44.6 Å².